The molecule has 0 aromatic heterocycles. The van der Waals surface area contributed by atoms with Crippen LogP contribution in [0.1, 0.15) is 56.2 Å². The van der Waals surface area contributed by atoms with E-state index >= 15 is 0 Å². The lowest BCUT2D eigenvalue weighted by Gasteiger charge is -2.16. The van der Waals surface area contributed by atoms with Gasteiger partial charge in [-0.15, -0.1) is 0 Å². The summed E-state index contributed by atoms with van der Waals surface area (Å²) < 4.78 is 10.8. The van der Waals surface area contributed by atoms with E-state index in [1.165, 1.54) is 11.1 Å². The van der Waals surface area contributed by atoms with E-state index in [1.54, 1.807) is 0 Å². The number of nitrogens with zero attached hydrogens (tertiary/aromatic N) is 1. The molecule has 2 rings (SSSR count). The minimum atomic E-state index is 0.0342. The van der Waals surface area contributed by atoms with Crippen LogP contribution in [-0.4, -0.2) is 37.7 Å². The molecular formula is C23H31NO3. The van der Waals surface area contributed by atoms with E-state index in [1.807, 2.05) is 30.5 Å². The predicted molar refractivity (Wildman–Crippen MR) is 112 cm³/mol. The summed E-state index contributed by atoms with van der Waals surface area (Å²) in [5.74, 6) is 1.66. The Bertz CT molecular complexity index is 695. The fourth-order valence-electron chi connectivity index (χ4n) is 2.84. The van der Waals surface area contributed by atoms with Crippen molar-refractivity contribution in [2.75, 3.05) is 26.4 Å². The van der Waals surface area contributed by atoms with Crippen LogP contribution >= 0.6 is 0 Å². The van der Waals surface area contributed by atoms with Crippen molar-refractivity contribution in [3.8, 4) is 5.75 Å². The van der Waals surface area contributed by atoms with E-state index in [0.717, 1.165) is 17.0 Å². The number of hydrogen-bond acceptors (Lipinski definition) is 4. The summed E-state index contributed by atoms with van der Waals surface area (Å²) in [5.41, 5.74) is 4.68. The van der Waals surface area contributed by atoms with Crippen molar-refractivity contribution in [1.82, 2.24) is 0 Å². The first-order valence-corrected chi connectivity index (χ1v) is 9.61. The largest absolute Gasteiger partial charge is 0.491 e. The lowest BCUT2D eigenvalue weighted by molar-refractivity contribution is 0.0705. The molecular weight excluding hydrogens is 338 g/mol. The molecule has 2 aromatic rings. The van der Waals surface area contributed by atoms with E-state index in [4.69, 9.17) is 19.6 Å². The van der Waals surface area contributed by atoms with E-state index in [2.05, 4.69) is 45.9 Å². The molecule has 0 aliphatic rings. The molecule has 2 aromatic carbocycles. The highest BCUT2D eigenvalue weighted by Crippen LogP contribution is 2.34. The van der Waals surface area contributed by atoms with Crippen LogP contribution in [0.4, 0.5) is 5.69 Å². The van der Waals surface area contributed by atoms with Gasteiger partial charge in [0, 0.05) is 6.21 Å². The number of rotatable bonds is 10. The van der Waals surface area contributed by atoms with Gasteiger partial charge < -0.3 is 14.6 Å². The van der Waals surface area contributed by atoms with Crippen molar-refractivity contribution in [3.05, 3.63) is 59.2 Å². The Hall–Kier alpha value is -2.17. The molecule has 0 unspecified atom stereocenters. The van der Waals surface area contributed by atoms with Crippen LogP contribution < -0.4 is 4.74 Å². The summed E-state index contributed by atoms with van der Waals surface area (Å²) in [6.45, 7) is 10.1. The molecule has 4 heteroatoms. The molecule has 0 spiro atoms. The SMILES string of the molecule is CC(C)c1cccc(C(C)C)c1N=Cc1ccc(OCCOCCO)cc1. The van der Waals surface area contributed by atoms with E-state index in [0.29, 0.717) is 31.7 Å². The molecule has 146 valence electrons. The topological polar surface area (TPSA) is 51.0 Å². The van der Waals surface area contributed by atoms with Gasteiger partial charge in [0.25, 0.3) is 0 Å². The second-order valence-electron chi connectivity index (χ2n) is 7.11. The summed E-state index contributed by atoms with van der Waals surface area (Å²) in [5, 5.41) is 8.66. The summed E-state index contributed by atoms with van der Waals surface area (Å²) >= 11 is 0. The third-order valence-corrected chi connectivity index (χ3v) is 4.30. The summed E-state index contributed by atoms with van der Waals surface area (Å²) in [4.78, 5) is 4.83. The number of benzene rings is 2. The van der Waals surface area contributed by atoms with Gasteiger partial charge in [0.05, 0.1) is 25.5 Å². The first-order chi connectivity index (χ1) is 13.0. The molecule has 0 atom stereocenters. The Kier molecular flexibility index (Phi) is 8.49. The quantitative estimate of drug-likeness (QED) is 0.470. The van der Waals surface area contributed by atoms with Crippen LogP contribution in [0.15, 0.2) is 47.5 Å². The van der Waals surface area contributed by atoms with Gasteiger partial charge in [-0.1, -0.05) is 45.9 Å². The van der Waals surface area contributed by atoms with Gasteiger partial charge in [-0.3, -0.25) is 4.99 Å². The van der Waals surface area contributed by atoms with Crippen molar-refractivity contribution in [2.45, 2.75) is 39.5 Å². The number of para-hydroxylation sites is 1. The summed E-state index contributed by atoms with van der Waals surface area (Å²) in [6, 6.07) is 14.3. The minimum absolute atomic E-state index is 0.0342. The fourth-order valence-corrected chi connectivity index (χ4v) is 2.84. The van der Waals surface area contributed by atoms with E-state index in [9.17, 15) is 0 Å². The van der Waals surface area contributed by atoms with Gasteiger partial charge in [-0.25, -0.2) is 0 Å². The molecule has 27 heavy (non-hydrogen) atoms. The number of ether oxygens (including phenoxy) is 2. The predicted octanol–water partition coefficient (Wildman–Crippen LogP) is 5.07. The zero-order valence-electron chi connectivity index (χ0n) is 16.8. The lowest BCUT2D eigenvalue weighted by Crippen LogP contribution is -2.09. The molecule has 4 nitrogen and oxygen atoms in total. The van der Waals surface area contributed by atoms with Gasteiger partial charge in [-0.2, -0.15) is 0 Å². The van der Waals surface area contributed by atoms with Crippen LogP contribution in [0, 0.1) is 0 Å². The van der Waals surface area contributed by atoms with Crippen LogP contribution in [0.5, 0.6) is 5.75 Å². The Labute approximate surface area is 162 Å². The molecule has 0 radical (unpaired) electrons. The summed E-state index contributed by atoms with van der Waals surface area (Å²) in [6.07, 6.45) is 1.92. The fraction of sp³-hybridized carbons (Fsp3) is 0.435. The van der Waals surface area contributed by atoms with E-state index in [-0.39, 0.29) is 6.61 Å². The highest BCUT2D eigenvalue weighted by atomic mass is 16.5. The zero-order chi connectivity index (χ0) is 19.6. The van der Waals surface area contributed by atoms with Crippen LogP contribution in [0.3, 0.4) is 0 Å². The standard InChI is InChI=1S/C23H31NO3/c1-17(2)21-6-5-7-22(18(3)4)23(21)24-16-19-8-10-20(11-9-19)27-15-14-26-13-12-25/h5-11,16-18,25H,12-15H2,1-4H3. The smallest absolute Gasteiger partial charge is 0.119 e. The number of aliphatic hydroxyl groups excluding tert-OH is 1. The molecule has 0 saturated heterocycles. The molecule has 0 amide bonds. The van der Waals surface area contributed by atoms with Gasteiger partial charge in [0.15, 0.2) is 0 Å². The van der Waals surface area contributed by atoms with Gasteiger partial charge in [0.1, 0.15) is 12.4 Å². The van der Waals surface area contributed by atoms with Gasteiger partial charge in [-0.05, 0) is 52.8 Å². The molecule has 0 aliphatic carbocycles. The van der Waals surface area contributed by atoms with Crippen LogP contribution in [-0.2, 0) is 4.74 Å². The third-order valence-electron chi connectivity index (χ3n) is 4.30. The highest BCUT2D eigenvalue weighted by Gasteiger charge is 2.12. The molecule has 0 aliphatic heterocycles. The monoisotopic (exact) mass is 369 g/mol. The molecule has 1 N–H and O–H groups in total. The third kappa shape index (κ3) is 6.49. The second kappa shape index (κ2) is 10.9. The van der Waals surface area contributed by atoms with Crippen LogP contribution in [0.2, 0.25) is 0 Å². The van der Waals surface area contributed by atoms with Crippen molar-refractivity contribution < 1.29 is 14.6 Å². The van der Waals surface area contributed by atoms with Crippen molar-refractivity contribution in [2.24, 2.45) is 4.99 Å². The first-order valence-electron chi connectivity index (χ1n) is 9.61. The first kappa shape index (κ1) is 21.1. The Morgan fingerprint density at radius 3 is 2.07 bits per heavy atom. The van der Waals surface area contributed by atoms with Gasteiger partial charge in [0.2, 0.25) is 0 Å². The Balaban J connectivity index is 2.08. The summed E-state index contributed by atoms with van der Waals surface area (Å²) in [7, 11) is 0. The Morgan fingerprint density at radius 1 is 0.889 bits per heavy atom. The maximum Gasteiger partial charge on any atom is 0.119 e. The van der Waals surface area contributed by atoms with Crippen molar-refractivity contribution >= 4 is 11.9 Å². The molecule has 0 heterocycles. The normalized spacial score (nSPS) is 11.7. The molecule has 0 fully saturated rings. The van der Waals surface area contributed by atoms with Gasteiger partial charge >= 0.3 is 0 Å². The van der Waals surface area contributed by atoms with Crippen molar-refractivity contribution in [1.29, 1.82) is 0 Å². The Morgan fingerprint density at radius 2 is 1.52 bits per heavy atom. The maximum atomic E-state index is 8.66. The minimum Gasteiger partial charge on any atom is -0.491 e. The van der Waals surface area contributed by atoms with Crippen molar-refractivity contribution in [3.63, 3.8) is 0 Å². The highest BCUT2D eigenvalue weighted by molar-refractivity contribution is 5.83. The van der Waals surface area contributed by atoms with E-state index < -0.39 is 0 Å². The second-order valence-corrected chi connectivity index (χ2v) is 7.11. The molecule has 0 bridgehead atoms. The average molecular weight is 370 g/mol. The number of aliphatic hydroxyl groups is 1. The zero-order valence-corrected chi connectivity index (χ0v) is 16.8. The number of hydrogen-bond donors (Lipinski definition) is 1. The lowest BCUT2D eigenvalue weighted by atomic mass is 9.93. The molecule has 0 saturated carbocycles. The van der Waals surface area contributed by atoms with Crippen LogP contribution in [0.25, 0.3) is 0 Å². The average Bonchev–Trinajstić information content (AvgIpc) is 2.66. The maximum absolute atomic E-state index is 8.66. The number of aliphatic imine (C=N–C) groups is 1.